The number of rotatable bonds is 6. The molecular weight excluding hydrogens is 330 g/mol. The maximum absolute atomic E-state index is 5.62. The third-order valence-corrected chi connectivity index (χ3v) is 5.92. The van der Waals surface area contributed by atoms with Gasteiger partial charge >= 0.3 is 0 Å². The summed E-state index contributed by atoms with van der Waals surface area (Å²) < 4.78 is 5.62. The van der Waals surface area contributed by atoms with Gasteiger partial charge in [-0.05, 0) is 37.2 Å². The minimum absolute atomic E-state index is 0.379. The van der Waals surface area contributed by atoms with E-state index >= 15 is 0 Å². The van der Waals surface area contributed by atoms with Gasteiger partial charge < -0.3 is 20.3 Å². The van der Waals surface area contributed by atoms with Crippen molar-refractivity contribution in [3.63, 3.8) is 0 Å². The Labute approximate surface area is 157 Å². The van der Waals surface area contributed by atoms with Gasteiger partial charge in [-0.3, -0.25) is 0 Å². The van der Waals surface area contributed by atoms with Crippen molar-refractivity contribution in [3.8, 4) is 5.75 Å². The number of hydrogen-bond donors (Lipinski definition) is 3. The van der Waals surface area contributed by atoms with Crippen LogP contribution in [-0.4, -0.2) is 37.9 Å². The van der Waals surface area contributed by atoms with Crippen molar-refractivity contribution in [2.45, 2.75) is 57.0 Å². The van der Waals surface area contributed by atoms with Crippen LogP contribution in [-0.2, 0) is 0 Å². The van der Waals surface area contributed by atoms with Crippen molar-refractivity contribution in [1.29, 1.82) is 0 Å². The maximum atomic E-state index is 5.62. The van der Waals surface area contributed by atoms with E-state index in [9.17, 15) is 0 Å². The Morgan fingerprint density at radius 2 is 1.88 bits per heavy atom. The van der Waals surface area contributed by atoms with E-state index in [4.69, 9.17) is 17.0 Å². The second-order valence-electron chi connectivity index (χ2n) is 7.35. The number of hydrogen-bond acceptors (Lipinski definition) is 2. The molecule has 0 aromatic heterocycles. The maximum Gasteiger partial charge on any atom is 0.166 e. The van der Waals surface area contributed by atoms with E-state index in [2.05, 4.69) is 28.8 Å². The van der Waals surface area contributed by atoms with Crippen LogP contribution in [0.4, 0.5) is 0 Å². The highest BCUT2D eigenvalue weighted by Crippen LogP contribution is 2.23. The van der Waals surface area contributed by atoms with Gasteiger partial charge in [0.15, 0.2) is 5.11 Å². The van der Waals surface area contributed by atoms with Gasteiger partial charge in [0.1, 0.15) is 11.8 Å². The summed E-state index contributed by atoms with van der Waals surface area (Å²) in [4.78, 5) is 1.64. The lowest BCUT2D eigenvalue weighted by atomic mass is 9.96. The van der Waals surface area contributed by atoms with E-state index in [0.29, 0.717) is 12.1 Å². The van der Waals surface area contributed by atoms with E-state index in [1.807, 2.05) is 6.07 Å². The van der Waals surface area contributed by atoms with Gasteiger partial charge in [-0.2, -0.15) is 0 Å². The molecule has 5 heteroatoms. The van der Waals surface area contributed by atoms with Crippen LogP contribution in [0.25, 0.3) is 0 Å². The van der Waals surface area contributed by atoms with Gasteiger partial charge in [0.2, 0.25) is 0 Å². The Morgan fingerprint density at radius 3 is 2.60 bits per heavy atom. The highest BCUT2D eigenvalue weighted by molar-refractivity contribution is 7.80. The Bertz CT molecular complexity index is 554. The number of benzene rings is 1. The van der Waals surface area contributed by atoms with E-state index in [1.165, 1.54) is 63.6 Å². The standard InChI is InChI=1S/C20H31N3OS/c1-24-19-12-6-5-11-17(19)18(23-13-7-8-14-23)15-21-20(25)22-16-9-3-2-4-10-16/h5-6,11-12,16,18H,2-4,7-10,13-15H2,1H3,(H2,21,22,25)/p+1/t18-/m1/s1. The number of para-hydroxylation sites is 1. The van der Waals surface area contributed by atoms with Crippen LogP contribution in [0.1, 0.15) is 56.6 Å². The lowest BCUT2D eigenvalue weighted by Crippen LogP contribution is -3.11. The van der Waals surface area contributed by atoms with E-state index in [0.717, 1.165) is 17.4 Å². The van der Waals surface area contributed by atoms with Crippen LogP contribution in [0.3, 0.4) is 0 Å². The fourth-order valence-electron chi connectivity index (χ4n) is 4.28. The van der Waals surface area contributed by atoms with Gasteiger partial charge in [-0.15, -0.1) is 0 Å². The van der Waals surface area contributed by atoms with Crippen molar-refractivity contribution in [2.24, 2.45) is 0 Å². The molecule has 1 saturated heterocycles. The number of quaternary nitrogens is 1. The van der Waals surface area contributed by atoms with Crippen LogP contribution in [0, 0.1) is 0 Å². The van der Waals surface area contributed by atoms with Crippen molar-refractivity contribution in [2.75, 3.05) is 26.7 Å². The highest BCUT2D eigenvalue weighted by atomic mass is 32.1. The lowest BCUT2D eigenvalue weighted by molar-refractivity contribution is -0.918. The predicted octanol–water partition coefficient (Wildman–Crippen LogP) is 2.21. The second-order valence-corrected chi connectivity index (χ2v) is 7.76. The van der Waals surface area contributed by atoms with Gasteiger partial charge in [0.05, 0.1) is 32.3 Å². The molecule has 1 heterocycles. The Balaban J connectivity index is 1.62. The molecule has 2 aliphatic rings. The summed E-state index contributed by atoms with van der Waals surface area (Å²) in [5, 5.41) is 7.84. The topological polar surface area (TPSA) is 37.7 Å². The molecule has 1 aliphatic carbocycles. The number of ether oxygens (including phenoxy) is 1. The zero-order valence-corrected chi connectivity index (χ0v) is 16.2. The minimum atomic E-state index is 0.379. The van der Waals surface area contributed by atoms with Gasteiger partial charge in [0, 0.05) is 18.9 Å². The molecule has 138 valence electrons. The summed E-state index contributed by atoms with van der Waals surface area (Å²) in [6, 6.07) is 9.35. The minimum Gasteiger partial charge on any atom is -0.496 e. The summed E-state index contributed by atoms with van der Waals surface area (Å²) >= 11 is 5.58. The van der Waals surface area contributed by atoms with Crippen LogP contribution in [0.5, 0.6) is 5.75 Å². The van der Waals surface area contributed by atoms with Crippen LogP contribution in [0.15, 0.2) is 24.3 Å². The SMILES string of the molecule is COc1ccccc1[C@@H](CNC(=S)NC1CCCCC1)[NH+]1CCCC1. The second kappa shape index (κ2) is 9.39. The van der Waals surface area contributed by atoms with Crippen LogP contribution in [0.2, 0.25) is 0 Å². The fourth-order valence-corrected chi connectivity index (χ4v) is 4.53. The lowest BCUT2D eigenvalue weighted by Gasteiger charge is -2.28. The third-order valence-electron chi connectivity index (χ3n) is 5.66. The molecule has 1 aromatic rings. The first-order valence-electron chi connectivity index (χ1n) is 9.80. The molecule has 0 amide bonds. The molecule has 0 unspecified atom stereocenters. The molecule has 1 atom stereocenters. The summed E-state index contributed by atoms with van der Waals surface area (Å²) in [5.74, 6) is 0.986. The van der Waals surface area contributed by atoms with Gasteiger partial charge in [-0.1, -0.05) is 31.4 Å². The first-order valence-corrected chi connectivity index (χ1v) is 10.2. The van der Waals surface area contributed by atoms with E-state index in [-0.39, 0.29) is 0 Å². The molecule has 3 rings (SSSR count). The van der Waals surface area contributed by atoms with Crippen molar-refractivity contribution >= 4 is 17.3 Å². The molecule has 4 nitrogen and oxygen atoms in total. The molecule has 1 saturated carbocycles. The first-order chi connectivity index (χ1) is 12.3. The monoisotopic (exact) mass is 362 g/mol. The number of methoxy groups -OCH3 is 1. The number of nitrogens with one attached hydrogen (secondary N) is 3. The molecule has 0 bridgehead atoms. The zero-order valence-electron chi connectivity index (χ0n) is 15.4. The largest absolute Gasteiger partial charge is 0.496 e. The third kappa shape index (κ3) is 5.08. The summed E-state index contributed by atoms with van der Waals surface area (Å²) in [6.07, 6.45) is 9.12. The van der Waals surface area contributed by atoms with Gasteiger partial charge in [0.25, 0.3) is 0 Å². The van der Waals surface area contributed by atoms with Gasteiger partial charge in [-0.25, -0.2) is 0 Å². The first kappa shape index (κ1) is 18.5. The van der Waals surface area contributed by atoms with Crippen molar-refractivity contribution < 1.29 is 9.64 Å². The normalized spacial score (nSPS) is 20.2. The average Bonchev–Trinajstić information content (AvgIpc) is 3.17. The molecular formula is C20H32N3OS+. The molecule has 25 heavy (non-hydrogen) atoms. The number of likely N-dealkylation sites (tertiary alicyclic amines) is 1. The van der Waals surface area contributed by atoms with Crippen LogP contribution < -0.4 is 20.3 Å². The summed E-state index contributed by atoms with van der Waals surface area (Å²) in [6.45, 7) is 3.31. The summed E-state index contributed by atoms with van der Waals surface area (Å²) in [7, 11) is 1.76. The molecule has 0 spiro atoms. The molecule has 2 fully saturated rings. The molecule has 1 aliphatic heterocycles. The predicted molar refractivity (Wildman–Crippen MR) is 106 cm³/mol. The van der Waals surface area contributed by atoms with Crippen molar-refractivity contribution in [3.05, 3.63) is 29.8 Å². The molecule has 0 radical (unpaired) electrons. The summed E-state index contributed by atoms with van der Waals surface area (Å²) in [5.41, 5.74) is 1.29. The smallest absolute Gasteiger partial charge is 0.166 e. The Morgan fingerprint density at radius 1 is 1.16 bits per heavy atom. The van der Waals surface area contributed by atoms with E-state index in [1.54, 1.807) is 12.0 Å². The zero-order chi connectivity index (χ0) is 17.5. The Kier molecular flexibility index (Phi) is 6.93. The van der Waals surface area contributed by atoms with Crippen molar-refractivity contribution in [1.82, 2.24) is 10.6 Å². The van der Waals surface area contributed by atoms with E-state index < -0.39 is 0 Å². The highest BCUT2D eigenvalue weighted by Gasteiger charge is 2.29. The fraction of sp³-hybridized carbons (Fsp3) is 0.650. The molecule has 1 aromatic carbocycles. The average molecular weight is 363 g/mol. The Hall–Kier alpha value is -1.33. The molecule has 3 N–H and O–H groups in total. The number of thiocarbonyl (C=S) groups is 1. The van der Waals surface area contributed by atoms with Crippen LogP contribution >= 0.6 is 12.2 Å². The quantitative estimate of drug-likeness (QED) is 0.679.